The molecular formula is C12H22N4O. The van der Waals surface area contributed by atoms with Crippen molar-refractivity contribution >= 4 is 6.01 Å². The van der Waals surface area contributed by atoms with E-state index in [4.69, 9.17) is 4.42 Å². The minimum atomic E-state index is 0.113. The van der Waals surface area contributed by atoms with Gasteiger partial charge in [0.25, 0.3) is 0 Å². The lowest BCUT2D eigenvalue weighted by Crippen LogP contribution is -2.24. The van der Waals surface area contributed by atoms with Crippen molar-refractivity contribution in [3.8, 4) is 0 Å². The Kier molecular flexibility index (Phi) is 3.99. The number of rotatable bonds is 3. The van der Waals surface area contributed by atoms with Gasteiger partial charge >= 0.3 is 6.01 Å². The van der Waals surface area contributed by atoms with Gasteiger partial charge in [0.2, 0.25) is 5.89 Å². The molecule has 1 saturated heterocycles. The van der Waals surface area contributed by atoms with Crippen LogP contribution in [0.2, 0.25) is 0 Å². The number of nitrogens with zero attached hydrogens (tertiary/aromatic N) is 3. The van der Waals surface area contributed by atoms with Gasteiger partial charge in [-0.25, -0.2) is 0 Å². The Hall–Kier alpha value is -1.10. The van der Waals surface area contributed by atoms with Gasteiger partial charge in [-0.2, -0.15) is 0 Å². The minimum Gasteiger partial charge on any atom is -0.406 e. The van der Waals surface area contributed by atoms with E-state index >= 15 is 0 Å². The zero-order valence-corrected chi connectivity index (χ0v) is 10.9. The number of aromatic nitrogens is 2. The predicted octanol–water partition coefficient (Wildman–Crippen LogP) is 1.98. The Morgan fingerprint density at radius 3 is 2.94 bits per heavy atom. The van der Waals surface area contributed by atoms with Crippen molar-refractivity contribution < 1.29 is 4.42 Å². The predicted molar refractivity (Wildman–Crippen MR) is 67.0 cm³/mol. The Morgan fingerprint density at radius 1 is 1.35 bits per heavy atom. The van der Waals surface area contributed by atoms with Crippen LogP contribution in [0, 0.1) is 5.92 Å². The topological polar surface area (TPSA) is 54.2 Å². The summed E-state index contributed by atoms with van der Waals surface area (Å²) >= 11 is 0. The Bertz CT molecular complexity index is 352. The second-order valence-electron chi connectivity index (χ2n) is 4.96. The van der Waals surface area contributed by atoms with Crippen molar-refractivity contribution in [3.63, 3.8) is 0 Å². The third-order valence-electron chi connectivity index (χ3n) is 3.52. The highest BCUT2D eigenvalue weighted by Gasteiger charge is 2.20. The molecule has 2 heterocycles. The fourth-order valence-electron chi connectivity index (χ4n) is 2.11. The average Bonchev–Trinajstić information content (AvgIpc) is 2.72. The monoisotopic (exact) mass is 238 g/mol. The maximum absolute atomic E-state index is 5.71. The molecule has 0 aromatic carbocycles. The summed E-state index contributed by atoms with van der Waals surface area (Å²) in [5.74, 6) is 1.47. The van der Waals surface area contributed by atoms with Gasteiger partial charge in [-0.15, -0.1) is 5.10 Å². The first kappa shape index (κ1) is 12.4. The smallest absolute Gasteiger partial charge is 0.318 e. The molecule has 1 fully saturated rings. The van der Waals surface area contributed by atoms with Gasteiger partial charge in [-0.1, -0.05) is 12.0 Å². The van der Waals surface area contributed by atoms with E-state index in [0.29, 0.717) is 11.9 Å². The molecule has 1 aromatic rings. The molecule has 5 heteroatoms. The maximum atomic E-state index is 5.71. The van der Waals surface area contributed by atoms with Crippen LogP contribution >= 0.6 is 0 Å². The SMILES string of the molecule is CNC(C)c1nnc(N2CCCC(C)CC2)o1. The van der Waals surface area contributed by atoms with Gasteiger partial charge in [0.1, 0.15) is 0 Å². The summed E-state index contributed by atoms with van der Waals surface area (Å²) in [4.78, 5) is 2.21. The molecule has 1 N–H and O–H groups in total. The minimum absolute atomic E-state index is 0.113. The highest BCUT2D eigenvalue weighted by atomic mass is 16.4. The van der Waals surface area contributed by atoms with Gasteiger partial charge in [-0.3, -0.25) is 0 Å². The van der Waals surface area contributed by atoms with Crippen molar-refractivity contribution in [1.29, 1.82) is 0 Å². The molecule has 17 heavy (non-hydrogen) atoms. The molecule has 1 aromatic heterocycles. The second-order valence-corrected chi connectivity index (χ2v) is 4.96. The largest absolute Gasteiger partial charge is 0.406 e. The summed E-state index contributed by atoms with van der Waals surface area (Å²) in [5, 5.41) is 11.3. The Labute approximate surface area is 103 Å². The second kappa shape index (κ2) is 5.49. The summed E-state index contributed by atoms with van der Waals surface area (Å²) in [7, 11) is 1.89. The van der Waals surface area contributed by atoms with Crippen molar-refractivity contribution in [3.05, 3.63) is 5.89 Å². The molecule has 2 rings (SSSR count). The molecule has 0 amide bonds. The van der Waals surface area contributed by atoms with Crippen LogP contribution in [0.4, 0.5) is 6.01 Å². The van der Waals surface area contributed by atoms with Crippen molar-refractivity contribution in [2.75, 3.05) is 25.0 Å². The number of nitrogens with one attached hydrogen (secondary N) is 1. The third kappa shape index (κ3) is 2.97. The van der Waals surface area contributed by atoms with Crippen LogP contribution in [0.25, 0.3) is 0 Å². The number of hydrogen-bond donors (Lipinski definition) is 1. The third-order valence-corrected chi connectivity index (χ3v) is 3.52. The standard InChI is InChI=1S/C12H22N4O/c1-9-5-4-7-16(8-6-9)12-15-14-11(17-12)10(2)13-3/h9-10,13H,4-8H2,1-3H3. The molecule has 0 aliphatic carbocycles. The van der Waals surface area contributed by atoms with E-state index in [1.165, 1.54) is 19.3 Å². The van der Waals surface area contributed by atoms with Gasteiger partial charge in [0.05, 0.1) is 6.04 Å². The first-order valence-corrected chi connectivity index (χ1v) is 6.46. The highest BCUT2D eigenvalue weighted by Crippen LogP contribution is 2.22. The van der Waals surface area contributed by atoms with E-state index < -0.39 is 0 Å². The Balaban J connectivity index is 2.03. The van der Waals surface area contributed by atoms with Crippen LogP contribution < -0.4 is 10.2 Å². The van der Waals surface area contributed by atoms with E-state index in [-0.39, 0.29) is 6.04 Å². The van der Waals surface area contributed by atoms with Crippen LogP contribution in [-0.4, -0.2) is 30.3 Å². The van der Waals surface area contributed by atoms with E-state index in [1.54, 1.807) is 0 Å². The zero-order chi connectivity index (χ0) is 12.3. The van der Waals surface area contributed by atoms with Crippen LogP contribution in [0.3, 0.4) is 0 Å². The van der Waals surface area contributed by atoms with Crippen molar-refractivity contribution in [1.82, 2.24) is 15.5 Å². The molecule has 96 valence electrons. The highest BCUT2D eigenvalue weighted by molar-refractivity contribution is 5.24. The maximum Gasteiger partial charge on any atom is 0.318 e. The molecule has 1 aliphatic heterocycles. The number of anilines is 1. The normalized spacial score (nSPS) is 23.5. The molecule has 0 saturated carbocycles. The molecule has 5 nitrogen and oxygen atoms in total. The first-order chi connectivity index (χ1) is 8.20. The van der Waals surface area contributed by atoms with E-state index in [2.05, 4.69) is 27.3 Å². The zero-order valence-electron chi connectivity index (χ0n) is 10.9. The van der Waals surface area contributed by atoms with E-state index in [1.807, 2.05) is 14.0 Å². The fourth-order valence-corrected chi connectivity index (χ4v) is 2.11. The summed E-state index contributed by atoms with van der Waals surface area (Å²) in [6.07, 6.45) is 3.71. The fraction of sp³-hybridized carbons (Fsp3) is 0.833. The molecule has 0 bridgehead atoms. The van der Waals surface area contributed by atoms with Gasteiger partial charge in [0.15, 0.2) is 0 Å². The summed E-state index contributed by atoms with van der Waals surface area (Å²) < 4.78 is 5.71. The quantitative estimate of drug-likeness (QED) is 0.872. The summed E-state index contributed by atoms with van der Waals surface area (Å²) in [6.45, 7) is 6.38. The van der Waals surface area contributed by atoms with E-state index in [0.717, 1.165) is 19.0 Å². The van der Waals surface area contributed by atoms with Crippen molar-refractivity contribution in [2.24, 2.45) is 5.92 Å². The lowest BCUT2D eigenvalue weighted by molar-refractivity contribution is 0.429. The summed E-state index contributed by atoms with van der Waals surface area (Å²) in [5.41, 5.74) is 0. The van der Waals surface area contributed by atoms with Crippen LogP contribution in [0.5, 0.6) is 0 Å². The van der Waals surface area contributed by atoms with Crippen LogP contribution in [0.15, 0.2) is 4.42 Å². The van der Waals surface area contributed by atoms with Crippen LogP contribution in [0.1, 0.15) is 45.0 Å². The lowest BCUT2D eigenvalue weighted by Gasteiger charge is -2.16. The van der Waals surface area contributed by atoms with Crippen LogP contribution in [-0.2, 0) is 0 Å². The molecule has 0 spiro atoms. The van der Waals surface area contributed by atoms with Gasteiger partial charge < -0.3 is 14.6 Å². The molecular weight excluding hydrogens is 216 g/mol. The molecule has 1 aliphatic rings. The van der Waals surface area contributed by atoms with Gasteiger partial charge in [-0.05, 0) is 39.2 Å². The molecule has 0 radical (unpaired) electrons. The van der Waals surface area contributed by atoms with E-state index in [9.17, 15) is 0 Å². The Morgan fingerprint density at radius 2 is 2.18 bits per heavy atom. The molecule has 2 atom stereocenters. The van der Waals surface area contributed by atoms with Crippen molar-refractivity contribution in [2.45, 2.75) is 39.2 Å². The average molecular weight is 238 g/mol. The van der Waals surface area contributed by atoms with Gasteiger partial charge in [0, 0.05) is 13.1 Å². The molecule has 2 unspecified atom stereocenters. The summed E-state index contributed by atoms with van der Waals surface area (Å²) in [6, 6.07) is 0.790. The first-order valence-electron chi connectivity index (χ1n) is 6.46. The number of hydrogen-bond acceptors (Lipinski definition) is 5. The lowest BCUT2D eigenvalue weighted by atomic mass is 10.0.